The van der Waals surface area contributed by atoms with Crippen LogP contribution in [0.25, 0.3) is 0 Å². The molecule has 1 fully saturated rings. The van der Waals surface area contributed by atoms with Crippen LogP contribution in [0.2, 0.25) is 5.02 Å². The highest BCUT2D eigenvalue weighted by molar-refractivity contribution is 6.30. The van der Waals surface area contributed by atoms with Crippen molar-refractivity contribution < 1.29 is 9.59 Å². The SMILES string of the molecule is CCN1CCCn2nc(C3CCCN(C(=O)Cc4cccc(Cl)c4)C3)cc2C1=O. The summed E-state index contributed by atoms with van der Waals surface area (Å²) in [6, 6.07) is 9.42. The van der Waals surface area contributed by atoms with Crippen LogP contribution >= 0.6 is 11.6 Å². The van der Waals surface area contributed by atoms with Crippen LogP contribution in [0.5, 0.6) is 0 Å². The molecule has 1 unspecified atom stereocenters. The van der Waals surface area contributed by atoms with E-state index in [0.29, 0.717) is 30.2 Å². The summed E-state index contributed by atoms with van der Waals surface area (Å²) in [5, 5.41) is 5.41. The second kappa shape index (κ2) is 8.57. The molecule has 2 aromatic rings. The van der Waals surface area contributed by atoms with Crippen molar-refractivity contribution in [3.05, 3.63) is 52.3 Å². The molecular formula is C22H27ClN4O2. The van der Waals surface area contributed by atoms with Gasteiger partial charge in [0.25, 0.3) is 5.91 Å². The molecule has 0 aliphatic carbocycles. The molecule has 6 nitrogen and oxygen atoms in total. The van der Waals surface area contributed by atoms with Crippen molar-refractivity contribution in [3.8, 4) is 0 Å². The fourth-order valence-corrected chi connectivity index (χ4v) is 4.55. The Kier molecular flexibility index (Phi) is 5.90. The molecule has 29 heavy (non-hydrogen) atoms. The summed E-state index contributed by atoms with van der Waals surface area (Å²) in [4.78, 5) is 29.4. The number of nitrogens with zero attached hydrogens (tertiary/aromatic N) is 4. The van der Waals surface area contributed by atoms with Crippen LogP contribution in [0.1, 0.15) is 53.8 Å². The quantitative estimate of drug-likeness (QED) is 0.770. The number of rotatable bonds is 4. The number of aromatic nitrogens is 2. The third-order valence-corrected chi connectivity index (χ3v) is 6.16. The molecule has 1 aromatic heterocycles. The Balaban J connectivity index is 1.47. The Labute approximate surface area is 176 Å². The molecular weight excluding hydrogens is 388 g/mol. The molecule has 3 heterocycles. The van der Waals surface area contributed by atoms with Crippen LogP contribution < -0.4 is 0 Å². The first kappa shape index (κ1) is 20.0. The summed E-state index contributed by atoms with van der Waals surface area (Å²) in [7, 11) is 0. The van der Waals surface area contributed by atoms with Gasteiger partial charge in [0.15, 0.2) is 0 Å². The van der Waals surface area contributed by atoms with Crippen molar-refractivity contribution in [3.63, 3.8) is 0 Å². The van der Waals surface area contributed by atoms with E-state index in [1.165, 1.54) is 0 Å². The first-order valence-corrected chi connectivity index (χ1v) is 10.8. The Morgan fingerprint density at radius 2 is 2.07 bits per heavy atom. The van der Waals surface area contributed by atoms with Gasteiger partial charge in [0, 0.05) is 43.7 Å². The van der Waals surface area contributed by atoms with E-state index in [0.717, 1.165) is 50.2 Å². The first-order chi connectivity index (χ1) is 14.0. The number of halogens is 1. The molecule has 4 rings (SSSR count). The maximum atomic E-state index is 12.8. The first-order valence-electron chi connectivity index (χ1n) is 10.4. The van der Waals surface area contributed by atoms with Crippen LogP contribution in [0, 0.1) is 0 Å². The molecule has 1 aromatic carbocycles. The number of hydrogen-bond donors (Lipinski definition) is 0. The summed E-state index contributed by atoms with van der Waals surface area (Å²) >= 11 is 6.04. The third-order valence-electron chi connectivity index (χ3n) is 5.92. The number of aryl methyl sites for hydroxylation is 1. The smallest absolute Gasteiger partial charge is 0.272 e. The maximum Gasteiger partial charge on any atom is 0.272 e. The number of piperidine rings is 1. The zero-order valence-corrected chi connectivity index (χ0v) is 17.6. The lowest BCUT2D eigenvalue weighted by atomic mass is 9.94. The van der Waals surface area contributed by atoms with E-state index in [9.17, 15) is 9.59 Å². The van der Waals surface area contributed by atoms with E-state index < -0.39 is 0 Å². The van der Waals surface area contributed by atoms with Crippen molar-refractivity contribution in [2.24, 2.45) is 0 Å². The van der Waals surface area contributed by atoms with Gasteiger partial charge < -0.3 is 9.80 Å². The third kappa shape index (κ3) is 4.32. The van der Waals surface area contributed by atoms with E-state index in [2.05, 4.69) is 0 Å². The zero-order chi connectivity index (χ0) is 20.4. The second-order valence-electron chi connectivity index (χ2n) is 7.90. The zero-order valence-electron chi connectivity index (χ0n) is 16.8. The molecule has 2 amide bonds. The highest BCUT2D eigenvalue weighted by Gasteiger charge is 2.30. The standard InChI is InChI=1S/C22H27ClN4O2/c1-2-25-10-5-11-27-20(22(25)29)14-19(24-27)17-7-4-9-26(15-17)21(28)13-16-6-3-8-18(23)12-16/h3,6,8,12,14,17H,2,4-5,7,9-11,13,15H2,1H3. The largest absolute Gasteiger partial charge is 0.342 e. The van der Waals surface area contributed by atoms with Crippen LogP contribution in [0.15, 0.2) is 30.3 Å². The van der Waals surface area contributed by atoms with E-state index in [1.54, 1.807) is 0 Å². The van der Waals surface area contributed by atoms with E-state index in [1.807, 2.05) is 51.7 Å². The van der Waals surface area contributed by atoms with Gasteiger partial charge in [-0.3, -0.25) is 14.3 Å². The van der Waals surface area contributed by atoms with Crippen LogP contribution in [0.4, 0.5) is 0 Å². The van der Waals surface area contributed by atoms with Crippen molar-refractivity contribution in [1.29, 1.82) is 0 Å². The lowest BCUT2D eigenvalue weighted by Gasteiger charge is -2.32. The molecule has 7 heteroatoms. The Bertz CT molecular complexity index is 910. The Morgan fingerprint density at radius 1 is 1.21 bits per heavy atom. The van der Waals surface area contributed by atoms with Gasteiger partial charge in [0.1, 0.15) is 5.69 Å². The number of hydrogen-bond acceptors (Lipinski definition) is 3. The predicted octanol–water partition coefficient (Wildman–Crippen LogP) is 3.35. The van der Waals surface area contributed by atoms with Crippen molar-refractivity contribution in [2.45, 2.75) is 45.1 Å². The molecule has 0 saturated carbocycles. The average Bonchev–Trinajstić information content (AvgIpc) is 3.09. The molecule has 2 aliphatic heterocycles. The van der Waals surface area contributed by atoms with Crippen molar-refractivity contribution >= 4 is 23.4 Å². The monoisotopic (exact) mass is 414 g/mol. The minimum Gasteiger partial charge on any atom is -0.342 e. The number of carbonyl (C=O) groups is 2. The van der Waals surface area contributed by atoms with Gasteiger partial charge in [-0.1, -0.05) is 23.7 Å². The molecule has 0 bridgehead atoms. The molecule has 0 spiro atoms. The number of likely N-dealkylation sites (tertiary alicyclic amines) is 1. The summed E-state index contributed by atoms with van der Waals surface area (Å²) in [5.74, 6) is 0.355. The van der Waals surface area contributed by atoms with Gasteiger partial charge in [-0.25, -0.2) is 0 Å². The van der Waals surface area contributed by atoms with E-state index in [4.69, 9.17) is 16.7 Å². The van der Waals surface area contributed by atoms with Crippen LogP contribution in [-0.2, 0) is 17.8 Å². The predicted molar refractivity (Wildman–Crippen MR) is 112 cm³/mol. The van der Waals surface area contributed by atoms with Crippen LogP contribution in [-0.4, -0.2) is 57.6 Å². The average molecular weight is 415 g/mol. The lowest BCUT2D eigenvalue weighted by molar-refractivity contribution is -0.131. The topological polar surface area (TPSA) is 58.4 Å². The Hall–Kier alpha value is -2.34. The van der Waals surface area contributed by atoms with Crippen LogP contribution in [0.3, 0.4) is 0 Å². The maximum absolute atomic E-state index is 12.8. The summed E-state index contributed by atoms with van der Waals surface area (Å²) < 4.78 is 1.86. The molecule has 1 saturated heterocycles. The minimum absolute atomic E-state index is 0.0634. The fraction of sp³-hybridized carbons (Fsp3) is 0.500. The molecule has 2 aliphatic rings. The highest BCUT2D eigenvalue weighted by atomic mass is 35.5. The van der Waals surface area contributed by atoms with Gasteiger partial charge >= 0.3 is 0 Å². The molecule has 154 valence electrons. The number of carbonyl (C=O) groups excluding carboxylic acids is 2. The second-order valence-corrected chi connectivity index (χ2v) is 8.34. The lowest BCUT2D eigenvalue weighted by Crippen LogP contribution is -2.40. The summed E-state index contributed by atoms with van der Waals surface area (Å²) in [5.41, 5.74) is 2.55. The normalized spacial score (nSPS) is 19.8. The number of amides is 2. The molecule has 0 N–H and O–H groups in total. The van der Waals surface area contributed by atoms with Gasteiger partial charge in [0.2, 0.25) is 5.91 Å². The van der Waals surface area contributed by atoms with Gasteiger partial charge in [-0.15, -0.1) is 0 Å². The van der Waals surface area contributed by atoms with Crippen molar-refractivity contribution in [1.82, 2.24) is 19.6 Å². The van der Waals surface area contributed by atoms with E-state index >= 15 is 0 Å². The van der Waals surface area contributed by atoms with Crippen molar-refractivity contribution in [2.75, 3.05) is 26.2 Å². The molecule has 0 radical (unpaired) electrons. The van der Waals surface area contributed by atoms with E-state index in [-0.39, 0.29) is 17.7 Å². The molecule has 1 atom stereocenters. The van der Waals surface area contributed by atoms with Gasteiger partial charge in [-0.05, 0) is 49.9 Å². The number of fused-ring (bicyclic) bond motifs is 1. The van der Waals surface area contributed by atoms with Gasteiger partial charge in [-0.2, -0.15) is 5.10 Å². The number of benzene rings is 1. The van der Waals surface area contributed by atoms with Gasteiger partial charge in [0.05, 0.1) is 12.1 Å². The Morgan fingerprint density at radius 3 is 2.86 bits per heavy atom. The summed E-state index contributed by atoms with van der Waals surface area (Å²) in [6.45, 7) is 5.70. The fourth-order valence-electron chi connectivity index (χ4n) is 4.33. The summed E-state index contributed by atoms with van der Waals surface area (Å²) in [6.07, 6.45) is 3.21. The minimum atomic E-state index is 0.0634. The highest BCUT2D eigenvalue weighted by Crippen LogP contribution is 2.28.